The van der Waals surface area contributed by atoms with Crippen molar-refractivity contribution in [3.05, 3.63) is 0 Å². The number of nitrogens with one attached hydrogen (secondary N) is 1. The molecule has 0 heterocycles. The molecule has 4 nitrogen and oxygen atoms in total. The monoisotopic (exact) mass is 242 g/mol. The van der Waals surface area contributed by atoms with Crippen molar-refractivity contribution in [2.75, 3.05) is 19.8 Å². The van der Waals surface area contributed by atoms with Gasteiger partial charge in [-0.25, -0.2) is 0 Å². The molecule has 0 aromatic carbocycles. The molecular weight excluding hydrogens is 225 g/mol. The minimum atomic E-state index is -4.33. The van der Waals surface area contributed by atoms with Crippen LogP contribution in [0.15, 0.2) is 0 Å². The van der Waals surface area contributed by atoms with Gasteiger partial charge in [-0.3, -0.25) is 4.79 Å². The lowest BCUT2D eigenvalue weighted by molar-refractivity contribution is -0.173. The predicted molar refractivity (Wildman–Crippen MR) is 52.8 cm³/mol. The smallest absolute Gasteiger partial charge is 0.370 e. The largest absolute Gasteiger partial charge is 0.411 e. The lowest BCUT2D eigenvalue weighted by Crippen LogP contribution is -2.41. The highest BCUT2D eigenvalue weighted by atomic mass is 19.4. The van der Waals surface area contributed by atoms with E-state index >= 15 is 0 Å². The van der Waals surface area contributed by atoms with Crippen molar-refractivity contribution in [2.24, 2.45) is 5.73 Å². The first-order valence-electron chi connectivity index (χ1n) is 5.04. The molecule has 96 valence electrons. The normalized spacial score (nSPS) is 13.6. The van der Waals surface area contributed by atoms with Gasteiger partial charge in [0, 0.05) is 6.54 Å². The maximum atomic E-state index is 11.6. The molecule has 1 atom stereocenters. The highest BCUT2D eigenvalue weighted by Gasteiger charge is 2.27. The zero-order valence-corrected chi connectivity index (χ0v) is 9.14. The molecule has 0 fully saturated rings. The van der Waals surface area contributed by atoms with Crippen molar-refractivity contribution >= 4 is 5.91 Å². The van der Waals surface area contributed by atoms with Crippen LogP contribution in [-0.4, -0.2) is 37.9 Å². The molecule has 0 saturated heterocycles. The molecule has 3 N–H and O–H groups in total. The summed E-state index contributed by atoms with van der Waals surface area (Å²) in [5, 5.41) is 2.40. The molecule has 0 aromatic heterocycles. The van der Waals surface area contributed by atoms with Crippen molar-refractivity contribution in [3.63, 3.8) is 0 Å². The van der Waals surface area contributed by atoms with E-state index in [4.69, 9.17) is 5.73 Å². The number of nitrogens with two attached hydrogens (primary N) is 1. The number of amides is 1. The van der Waals surface area contributed by atoms with Gasteiger partial charge in [-0.2, -0.15) is 13.2 Å². The second kappa shape index (κ2) is 7.45. The summed E-state index contributed by atoms with van der Waals surface area (Å²) in [5.41, 5.74) is 5.48. The Bertz CT molecular complexity index is 209. The molecule has 0 aromatic rings. The maximum absolute atomic E-state index is 11.6. The average molecular weight is 242 g/mol. The summed E-state index contributed by atoms with van der Waals surface area (Å²) in [6, 6.07) is -0.604. The molecule has 0 saturated carbocycles. The van der Waals surface area contributed by atoms with E-state index in [1.807, 2.05) is 6.92 Å². The van der Waals surface area contributed by atoms with Crippen LogP contribution in [0.4, 0.5) is 13.2 Å². The number of halogens is 3. The van der Waals surface area contributed by atoms with Crippen molar-refractivity contribution in [1.29, 1.82) is 0 Å². The summed E-state index contributed by atoms with van der Waals surface area (Å²) >= 11 is 0. The van der Waals surface area contributed by atoms with Crippen LogP contribution in [-0.2, 0) is 9.53 Å². The van der Waals surface area contributed by atoms with Crippen molar-refractivity contribution in [1.82, 2.24) is 5.32 Å². The highest BCUT2D eigenvalue weighted by molar-refractivity contribution is 5.81. The van der Waals surface area contributed by atoms with Crippen LogP contribution in [0, 0.1) is 0 Å². The number of hydrogen-bond acceptors (Lipinski definition) is 3. The Morgan fingerprint density at radius 1 is 1.50 bits per heavy atom. The van der Waals surface area contributed by atoms with E-state index in [0.717, 1.165) is 6.42 Å². The minimum Gasteiger partial charge on any atom is -0.370 e. The molecule has 0 aliphatic rings. The Morgan fingerprint density at radius 2 is 2.12 bits per heavy atom. The van der Waals surface area contributed by atoms with Crippen LogP contribution >= 0.6 is 0 Å². The Labute approximate surface area is 92.3 Å². The average Bonchev–Trinajstić information content (AvgIpc) is 2.15. The first kappa shape index (κ1) is 15.2. The molecule has 0 radical (unpaired) electrons. The zero-order valence-electron chi connectivity index (χ0n) is 9.14. The third-order valence-electron chi connectivity index (χ3n) is 1.75. The third-order valence-corrected chi connectivity index (χ3v) is 1.75. The number of alkyl halides is 3. The molecule has 7 heteroatoms. The molecule has 0 spiro atoms. The lowest BCUT2D eigenvalue weighted by Gasteiger charge is -2.11. The van der Waals surface area contributed by atoms with E-state index in [0.29, 0.717) is 6.42 Å². The standard InChI is InChI=1S/C9H17F3N2O2/c1-2-3-7(13)8(15)14-4-5-16-6-9(10,11)12/h7H,2-6,13H2,1H3,(H,14,15). The summed E-state index contributed by atoms with van der Waals surface area (Å²) < 4.78 is 39.2. The summed E-state index contributed by atoms with van der Waals surface area (Å²) in [5.74, 6) is -0.363. The summed E-state index contributed by atoms with van der Waals surface area (Å²) in [6.07, 6.45) is -3.00. The fraction of sp³-hybridized carbons (Fsp3) is 0.889. The molecule has 0 aliphatic heterocycles. The zero-order chi connectivity index (χ0) is 12.6. The summed E-state index contributed by atoms with van der Waals surface area (Å²) in [6.45, 7) is 0.444. The van der Waals surface area contributed by atoms with Crippen LogP contribution in [0.25, 0.3) is 0 Å². The Morgan fingerprint density at radius 3 is 2.62 bits per heavy atom. The van der Waals surface area contributed by atoms with E-state index in [2.05, 4.69) is 10.1 Å². The maximum Gasteiger partial charge on any atom is 0.411 e. The van der Waals surface area contributed by atoms with Crippen molar-refractivity contribution in [2.45, 2.75) is 32.0 Å². The number of hydrogen-bond donors (Lipinski definition) is 2. The fourth-order valence-corrected chi connectivity index (χ4v) is 1.01. The van der Waals surface area contributed by atoms with E-state index in [-0.39, 0.29) is 19.1 Å². The van der Waals surface area contributed by atoms with E-state index < -0.39 is 18.8 Å². The van der Waals surface area contributed by atoms with Gasteiger partial charge in [-0.1, -0.05) is 13.3 Å². The molecule has 16 heavy (non-hydrogen) atoms. The van der Waals surface area contributed by atoms with Crippen LogP contribution in [0.2, 0.25) is 0 Å². The predicted octanol–water partition coefficient (Wildman–Crippen LogP) is 0.809. The lowest BCUT2D eigenvalue weighted by atomic mass is 10.2. The number of carbonyl (C=O) groups excluding carboxylic acids is 1. The van der Waals surface area contributed by atoms with Crippen LogP contribution in [0.1, 0.15) is 19.8 Å². The summed E-state index contributed by atoms with van der Waals surface area (Å²) in [7, 11) is 0. The van der Waals surface area contributed by atoms with Gasteiger partial charge >= 0.3 is 6.18 Å². The van der Waals surface area contributed by atoms with Gasteiger partial charge in [0.05, 0.1) is 12.6 Å². The Kier molecular flexibility index (Phi) is 7.07. The van der Waals surface area contributed by atoms with Gasteiger partial charge in [0.25, 0.3) is 0 Å². The van der Waals surface area contributed by atoms with Gasteiger partial charge < -0.3 is 15.8 Å². The van der Waals surface area contributed by atoms with Gasteiger partial charge in [0.1, 0.15) is 6.61 Å². The fourth-order valence-electron chi connectivity index (χ4n) is 1.01. The SMILES string of the molecule is CCCC(N)C(=O)NCCOCC(F)(F)F. The first-order valence-corrected chi connectivity index (χ1v) is 5.04. The molecule has 0 bridgehead atoms. The molecular formula is C9H17F3N2O2. The number of carbonyl (C=O) groups is 1. The van der Waals surface area contributed by atoms with E-state index in [1.165, 1.54) is 0 Å². The molecule has 0 rings (SSSR count). The van der Waals surface area contributed by atoms with Crippen LogP contribution in [0.5, 0.6) is 0 Å². The molecule has 0 aliphatic carbocycles. The quantitative estimate of drug-likeness (QED) is 0.649. The van der Waals surface area contributed by atoms with Gasteiger partial charge in [0.2, 0.25) is 5.91 Å². The van der Waals surface area contributed by atoms with Gasteiger partial charge in [0.15, 0.2) is 0 Å². The van der Waals surface area contributed by atoms with Crippen LogP contribution in [0.3, 0.4) is 0 Å². The van der Waals surface area contributed by atoms with Crippen molar-refractivity contribution < 1.29 is 22.7 Å². The highest BCUT2D eigenvalue weighted by Crippen LogP contribution is 2.13. The topological polar surface area (TPSA) is 64.4 Å². The van der Waals surface area contributed by atoms with E-state index in [9.17, 15) is 18.0 Å². The molecule has 1 unspecified atom stereocenters. The van der Waals surface area contributed by atoms with E-state index in [1.54, 1.807) is 0 Å². The van der Waals surface area contributed by atoms with Crippen LogP contribution < -0.4 is 11.1 Å². The second-order valence-corrected chi connectivity index (χ2v) is 3.35. The van der Waals surface area contributed by atoms with Gasteiger partial charge in [-0.05, 0) is 6.42 Å². The molecule has 1 amide bonds. The second-order valence-electron chi connectivity index (χ2n) is 3.35. The Balaban J connectivity index is 3.48. The minimum absolute atomic E-state index is 0.0341. The number of rotatable bonds is 7. The first-order chi connectivity index (χ1) is 7.37. The third kappa shape index (κ3) is 8.49. The van der Waals surface area contributed by atoms with Crippen molar-refractivity contribution in [3.8, 4) is 0 Å². The van der Waals surface area contributed by atoms with Gasteiger partial charge in [-0.15, -0.1) is 0 Å². The Hall–Kier alpha value is -0.820. The summed E-state index contributed by atoms with van der Waals surface area (Å²) in [4.78, 5) is 11.2. The number of ether oxygens (including phenoxy) is 1.